The number of hydrogen-bond donors (Lipinski definition) is 1. The van der Waals surface area contributed by atoms with Gasteiger partial charge in [-0.25, -0.2) is 0 Å². The highest BCUT2D eigenvalue weighted by atomic mass is 32.2. The predicted molar refractivity (Wildman–Crippen MR) is 65.6 cm³/mol. The maximum Gasteiger partial charge on any atom is 0.0269 e. The second-order valence-corrected chi connectivity index (χ2v) is 4.87. The van der Waals surface area contributed by atoms with E-state index < -0.39 is 0 Å². The van der Waals surface area contributed by atoms with Gasteiger partial charge in [-0.15, -0.1) is 0 Å². The van der Waals surface area contributed by atoms with Crippen molar-refractivity contribution in [2.24, 2.45) is 5.73 Å². The SMILES string of the molecule is CC(SCCCCN)c1ccccc1. The van der Waals surface area contributed by atoms with Gasteiger partial charge in [-0.2, -0.15) is 11.8 Å². The lowest BCUT2D eigenvalue weighted by Crippen LogP contribution is -1.99. The van der Waals surface area contributed by atoms with Crippen LogP contribution in [0, 0.1) is 0 Å². The van der Waals surface area contributed by atoms with Crippen LogP contribution < -0.4 is 5.73 Å². The maximum absolute atomic E-state index is 5.45. The van der Waals surface area contributed by atoms with E-state index in [1.807, 2.05) is 11.8 Å². The van der Waals surface area contributed by atoms with Gasteiger partial charge < -0.3 is 5.73 Å². The van der Waals surface area contributed by atoms with Crippen molar-refractivity contribution in [1.82, 2.24) is 0 Å². The highest BCUT2D eigenvalue weighted by Crippen LogP contribution is 2.28. The molecule has 1 atom stereocenters. The van der Waals surface area contributed by atoms with Crippen molar-refractivity contribution in [2.45, 2.75) is 25.0 Å². The lowest BCUT2D eigenvalue weighted by molar-refractivity contribution is 0.813. The van der Waals surface area contributed by atoms with E-state index in [2.05, 4.69) is 37.3 Å². The molecule has 14 heavy (non-hydrogen) atoms. The van der Waals surface area contributed by atoms with Crippen molar-refractivity contribution in [3.63, 3.8) is 0 Å². The Hall–Kier alpha value is -0.470. The standard InChI is InChI=1S/C12H19NS/c1-11(14-10-6-5-9-13)12-7-3-2-4-8-12/h2-4,7-8,11H,5-6,9-10,13H2,1H3. The van der Waals surface area contributed by atoms with Gasteiger partial charge in [0, 0.05) is 5.25 Å². The second-order valence-electron chi connectivity index (χ2n) is 3.42. The van der Waals surface area contributed by atoms with Crippen LogP contribution in [0.15, 0.2) is 30.3 Å². The third kappa shape index (κ3) is 4.16. The van der Waals surface area contributed by atoms with Gasteiger partial charge in [0.25, 0.3) is 0 Å². The van der Waals surface area contributed by atoms with E-state index in [-0.39, 0.29) is 0 Å². The first kappa shape index (κ1) is 11.6. The third-order valence-electron chi connectivity index (χ3n) is 2.24. The van der Waals surface area contributed by atoms with Gasteiger partial charge in [-0.1, -0.05) is 30.3 Å². The summed E-state index contributed by atoms with van der Waals surface area (Å²) in [5.41, 5.74) is 6.87. The number of thioether (sulfide) groups is 1. The molecule has 0 aliphatic carbocycles. The third-order valence-corrected chi connectivity index (χ3v) is 3.53. The van der Waals surface area contributed by atoms with Crippen LogP contribution in [-0.4, -0.2) is 12.3 Å². The summed E-state index contributed by atoms with van der Waals surface area (Å²) in [6.45, 7) is 3.09. The van der Waals surface area contributed by atoms with Crippen LogP contribution in [0.5, 0.6) is 0 Å². The van der Waals surface area contributed by atoms with Crippen molar-refractivity contribution >= 4 is 11.8 Å². The number of unbranched alkanes of at least 4 members (excludes halogenated alkanes) is 1. The molecule has 0 aliphatic heterocycles. The zero-order valence-corrected chi connectivity index (χ0v) is 9.59. The molecule has 0 radical (unpaired) electrons. The minimum absolute atomic E-state index is 0.606. The average Bonchev–Trinajstić information content (AvgIpc) is 2.25. The average molecular weight is 209 g/mol. The van der Waals surface area contributed by atoms with Crippen LogP contribution in [0.3, 0.4) is 0 Å². The van der Waals surface area contributed by atoms with Gasteiger partial charge in [0.15, 0.2) is 0 Å². The fourth-order valence-electron chi connectivity index (χ4n) is 1.33. The fourth-order valence-corrected chi connectivity index (χ4v) is 2.40. The molecule has 0 bridgehead atoms. The van der Waals surface area contributed by atoms with Crippen molar-refractivity contribution in [3.8, 4) is 0 Å². The monoisotopic (exact) mass is 209 g/mol. The molecule has 0 heterocycles. The summed E-state index contributed by atoms with van der Waals surface area (Å²) in [5, 5.41) is 0.606. The van der Waals surface area contributed by atoms with E-state index in [4.69, 9.17) is 5.73 Å². The number of nitrogens with two attached hydrogens (primary N) is 1. The van der Waals surface area contributed by atoms with Gasteiger partial charge in [0.05, 0.1) is 0 Å². The van der Waals surface area contributed by atoms with Crippen LogP contribution in [0.4, 0.5) is 0 Å². The molecule has 1 nitrogen and oxygen atoms in total. The van der Waals surface area contributed by atoms with E-state index >= 15 is 0 Å². The van der Waals surface area contributed by atoms with Gasteiger partial charge in [-0.05, 0) is 37.6 Å². The Bertz CT molecular complexity index is 235. The molecule has 0 fully saturated rings. The topological polar surface area (TPSA) is 26.0 Å². The summed E-state index contributed by atoms with van der Waals surface area (Å²) < 4.78 is 0. The van der Waals surface area contributed by atoms with Crippen LogP contribution in [0.1, 0.15) is 30.6 Å². The fraction of sp³-hybridized carbons (Fsp3) is 0.500. The molecule has 1 aromatic carbocycles. The Labute approximate surface area is 91.1 Å². The highest BCUT2D eigenvalue weighted by molar-refractivity contribution is 7.99. The van der Waals surface area contributed by atoms with Gasteiger partial charge in [0.2, 0.25) is 0 Å². The molecule has 0 spiro atoms. The zero-order valence-electron chi connectivity index (χ0n) is 8.78. The first-order valence-electron chi connectivity index (χ1n) is 5.21. The molecule has 0 saturated heterocycles. The van der Waals surface area contributed by atoms with E-state index in [9.17, 15) is 0 Å². The Kier molecular flexibility index (Phi) is 5.72. The maximum atomic E-state index is 5.45. The van der Waals surface area contributed by atoms with Crippen LogP contribution in [-0.2, 0) is 0 Å². The first-order chi connectivity index (χ1) is 6.84. The molecular weight excluding hydrogens is 190 g/mol. The number of rotatable bonds is 6. The summed E-state index contributed by atoms with van der Waals surface area (Å²) >= 11 is 2.01. The Morgan fingerprint density at radius 1 is 1.21 bits per heavy atom. The Morgan fingerprint density at radius 2 is 1.93 bits per heavy atom. The quantitative estimate of drug-likeness (QED) is 0.728. The minimum atomic E-state index is 0.606. The Morgan fingerprint density at radius 3 is 2.57 bits per heavy atom. The second kappa shape index (κ2) is 6.91. The van der Waals surface area contributed by atoms with Crippen molar-refractivity contribution in [2.75, 3.05) is 12.3 Å². The van der Waals surface area contributed by atoms with Gasteiger partial charge in [-0.3, -0.25) is 0 Å². The van der Waals surface area contributed by atoms with Crippen molar-refractivity contribution < 1.29 is 0 Å². The summed E-state index contributed by atoms with van der Waals surface area (Å²) in [7, 11) is 0. The molecule has 2 heteroatoms. The molecule has 78 valence electrons. The largest absolute Gasteiger partial charge is 0.330 e. The smallest absolute Gasteiger partial charge is 0.0269 e. The number of benzene rings is 1. The van der Waals surface area contributed by atoms with Crippen LogP contribution >= 0.6 is 11.8 Å². The van der Waals surface area contributed by atoms with E-state index in [1.54, 1.807) is 0 Å². The van der Waals surface area contributed by atoms with Crippen molar-refractivity contribution in [3.05, 3.63) is 35.9 Å². The lowest BCUT2D eigenvalue weighted by Gasteiger charge is -2.10. The molecule has 1 aromatic rings. The van der Waals surface area contributed by atoms with Gasteiger partial charge in [0.1, 0.15) is 0 Å². The minimum Gasteiger partial charge on any atom is -0.330 e. The normalized spacial score (nSPS) is 12.7. The molecule has 0 aromatic heterocycles. The Balaban J connectivity index is 2.25. The lowest BCUT2D eigenvalue weighted by atomic mass is 10.2. The van der Waals surface area contributed by atoms with Gasteiger partial charge >= 0.3 is 0 Å². The summed E-state index contributed by atoms with van der Waals surface area (Å²) in [5.74, 6) is 1.22. The molecule has 1 unspecified atom stereocenters. The summed E-state index contributed by atoms with van der Waals surface area (Å²) in [6.07, 6.45) is 2.38. The van der Waals surface area contributed by atoms with E-state index in [0.717, 1.165) is 13.0 Å². The molecule has 0 amide bonds. The highest BCUT2D eigenvalue weighted by Gasteiger charge is 2.03. The predicted octanol–water partition coefficient (Wildman–Crippen LogP) is 3.22. The first-order valence-corrected chi connectivity index (χ1v) is 6.26. The molecule has 2 N–H and O–H groups in total. The van der Waals surface area contributed by atoms with Crippen LogP contribution in [0.25, 0.3) is 0 Å². The summed E-state index contributed by atoms with van der Waals surface area (Å²) in [6, 6.07) is 10.7. The number of hydrogen-bond acceptors (Lipinski definition) is 2. The van der Waals surface area contributed by atoms with E-state index in [1.165, 1.54) is 17.7 Å². The molecule has 0 saturated carbocycles. The zero-order chi connectivity index (χ0) is 10.2. The van der Waals surface area contributed by atoms with E-state index in [0.29, 0.717) is 5.25 Å². The summed E-state index contributed by atoms with van der Waals surface area (Å²) in [4.78, 5) is 0. The van der Waals surface area contributed by atoms with Crippen LogP contribution in [0.2, 0.25) is 0 Å². The van der Waals surface area contributed by atoms with Crippen molar-refractivity contribution in [1.29, 1.82) is 0 Å². The molecule has 0 aliphatic rings. The molecular formula is C12H19NS. The molecule has 1 rings (SSSR count).